The van der Waals surface area contributed by atoms with Crippen molar-refractivity contribution in [2.75, 3.05) is 18.4 Å². The first kappa shape index (κ1) is 20.5. The Morgan fingerprint density at radius 3 is 2.30 bits per heavy atom. The first-order valence-electron chi connectivity index (χ1n) is 9.84. The largest absolute Gasteiger partial charge is 0.466 e. The van der Waals surface area contributed by atoms with Gasteiger partial charge in [-0.3, -0.25) is 9.69 Å². The van der Waals surface area contributed by atoms with Gasteiger partial charge in [-0.25, -0.2) is 0 Å². The molecule has 158 valence electrons. The summed E-state index contributed by atoms with van der Waals surface area (Å²) in [5, 5.41) is 13.7. The molecule has 8 heteroatoms. The molecule has 1 fully saturated rings. The van der Waals surface area contributed by atoms with Gasteiger partial charge in [-0.2, -0.15) is 0 Å². The summed E-state index contributed by atoms with van der Waals surface area (Å²) < 4.78 is 11.3. The van der Waals surface area contributed by atoms with E-state index >= 15 is 0 Å². The van der Waals surface area contributed by atoms with Crippen LogP contribution >= 0.6 is 11.6 Å². The molecule has 3 aromatic rings. The molecule has 30 heavy (non-hydrogen) atoms. The van der Waals surface area contributed by atoms with Crippen LogP contribution in [0.15, 0.2) is 63.8 Å². The minimum atomic E-state index is -1.30. The van der Waals surface area contributed by atoms with Crippen molar-refractivity contribution in [1.29, 1.82) is 0 Å². The Morgan fingerprint density at radius 2 is 1.80 bits per heavy atom. The molecular formula is C22H24ClN3O4. The van der Waals surface area contributed by atoms with E-state index in [1.165, 1.54) is 12.5 Å². The number of aliphatic hydroxyl groups is 1. The summed E-state index contributed by atoms with van der Waals surface area (Å²) in [6.45, 7) is 1.11. The molecule has 7 nitrogen and oxygen atoms in total. The van der Waals surface area contributed by atoms with Crippen LogP contribution in [0.2, 0.25) is 5.02 Å². The summed E-state index contributed by atoms with van der Waals surface area (Å²) in [4.78, 5) is 14.8. The Hall–Kier alpha value is -2.74. The Labute approximate surface area is 179 Å². The van der Waals surface area contributed by atoms with Gasteiger partial charge in [-0.05, 0) is 55.3 Å². The minimum absolute atomic E-state index is 0.0937. The van der Waals surface area contributed by atoms with E-state index in [1.807, 2.05) is 11.0 Å². The molecule has 4 rings (SSSR count). The second kappa shape index (κ2) is 8.55. The van der Waals surface area contributed by atoms with Crippen molar-refractivity contribution < 1.29 is 18.7 Å². The van der Waals surface area contributed by atoms with Gasteiger partial charge in [0.25, 0.3) is 5.91 Å². The smallest absolute Gasteiger partial charge is 0.253 e. The number of amides is 1. The maximum absolute atomic E-state index is 12.8. The van der Waals surface area contributed by atoms with E-state index < -0.39 is 11.4 Å². The molecule has 1 aliphatic rings. The van der Waals surface area contributed by atoms with Gasteiger partial charge in [0.1, 0.15) is 11.5 Å². The number of anilines is 1. The van der Waals surface area contributed by atoms with Crippen LogP contribution < -0.4 is 11.1 Å². The van der Waals surface area contributed by atoms with Crippen LogP contribution in [0.25, 0.3) is 0 Å². The predicted octanol–water partition coefficient (Wildman–Crippen LogP) is 3.32. The van der Waals surface area contributed by atoms with E-state index in [0.717, 1.165) is 24.1 Å². The zero-order chi connectivity index (χ0) is 21.1. The Kier molecular flexibility index (Phi) is 5.85. The highest BCUT2D eigenvalue weighted by Gasteiger charge is 2.51. The Morgan fingerprint density at radius 1 is 1.17 bits per heavy atom. The van der Waals surface area contributed by atoms with E-state index in [2.05, 4.69) is 5.32 Å². The summed E-state index contributed by atoms with van der Waals surface area (Å²) in [5.41, 5.74) is 6.25. The summed E-state index contributed by atoms with van der Waals surface area (Å²) in [7, 11) is 0. The number of nitrogens with zero attached hydrogens (tertiary/aromatic N) is 1. The van der Waals surface area contributed by atoms with Gasteiger partial charge in [-0.15, -0.1) is 0 Å². The maximum atomic E-state index is 12.8. The van der Waals surface area contributed by atoms with Crippen molar-refractivity contribution in [3.63, 3.8) is 0 Å². The first-order valence-corrected chi connectivity index (χ1v) is 10.2. The zero-order valence-corrected chi connectivity index (χ0v) is 17.1. The molecule has 0 radical (unpaired) electrons. The van der Waals surface area contributed by atoms with Crippen molar-refractivity contribution in [3.05, 3.63) is 77.1 Å². The van der Waals surface area contributed by atoms with Gasteiger partial charge in [-0.1, -0.05) is 11.6 Å². The number of carbonyl (C=O) groups excluding carboxylic acids is 1. The van der Waals surface area contributed by atoms with Crippen LogP contribution in [0.5, 0.6) is 0 Å². The highest BCUT2D eigenvalue weighted by atomic mass is 35.5. The van der Waals surface area contributed by atoms with Crippen molar-refractivity contribution >= 4 is 23.2 Å². The molecule has 1 aliphatic heterocycles. The molecule has 0 saturated carbocycles. The molecule has 1 amide bonds. The van der Waals surface area contributed by atoms with Crippen molar-refractivity contribution in [3.8, 4) is 0 Å². The second-order valence-corrected chi connectivity index (χ2v) is 7.83. The van der Waals surface area contributed by atoms with Crippen LogP contribution in [0.1, 0.15) is 29.9 Å². The number of nitrogens with two attached hydrogens (primary N) is 1. The number of halogens is 1. The lowest BCUT2D eigenvalue weighted by Gasteiger charge is -2.42. The monoisotopic (exact) mass is 429 g/mol. The highest BCUT2D eigenvalue weighted by Crippen LogP contribution is 2.39. The molecule has 3 heterocycles. The highest BCUT2D eigenvalue weighted by molar-refractivity contribution is 6.30. The van der Waals surface area contributed by atoms with Gasteiger partial charge >= 0.3 is 0 Å². The molecule has 1 aromatic carbocycles. The van der Waals surface area contributed by atoms with Crippen LogP contribution in [0, 0.1) is 0 Å². The number of likely N-dealkylation sites (tertiary alicyclic amines) is 1. The van der Waals surface area contributed by atoms with Crippen LogP contribution in [0.4, 0.5) is 5.69 Å². The van der Waals surface area contributed by atoms with Crippen molar-refractivity contribution in [2.45, 2.75) is 31.0 Å². The first-order chi connectivity index (χ1) is 14.6. The number of rotatable bonds is 7. The number of primary amides is 1. The zero-order valence-electron chi connectivity index (χ0n) is 16.4. The van der Waals surface area contributed by atoms with Gasteiger partial charge < -0.3 is 25.0 Å². The lowest BCUT2D eigenvalue weighted by molar-refractivity contribution is -0.131. The van der Waals surface area contributed by atoms with Crippen LogP contribution in [-0.2, 0) is 16.9 Å². The summed E-state index contributed by atoms with van der Waals surface area (Å²) in [6, 6.07) is 12.6. The fourth-order valence-electron chi connectivity index (χ4n) is 4.21. The second-order valence-electron chi connectivity index (χ2n) is 7.39. The molecule has 0 bridgehead atoms. The fraction of sp³-hybridized carbons (Fsp3) is 0.318. The quantitative estimate of drug-likeness (QED) is 0.532. The normalized spacial score (nSPS) is 15.9. The van der Waals surface area contributed by atoms with Gasteiger partial charge in [0, 0.05) is 35.4 Å². The number of nitrogens with one attached hydrogen (secondary N) is 1. The number of piperidine rings is 1. The average Bonchev–Trinajstić information content (AvgIpc) is 3.46. The molecule has 0 spiro atoms. The third-order valence-corrected chi connectivity index (χ3v) is 5.91. The number of hydrogen-bond donors (Lipinski definition) is 3. The maximum Gasteiger partial charge on any atom is 0.253 e. The summed E-state index contributed by atoms with van der Waals surface area (Å²) in [5.74, 6) is 0.340. The van der Waals surface area contributed by atoms with E-state index in [9.17, 15) is 9.90 Å². The lowest BCUT2D eigenvalue weighted by Crippen LogP contribution is -2.58. The Balaban J connectivity index is 1.56. The molecular weight excluding hydrogens is 406 g/mol. The molecule has 0 aliphatic carbocycles. The number of benzene rings is 1. The number of hydrogen-bond acceptors (Lipinski definition) is 6. The topological polar surface area (TPSA) is 105 Å². The number of aliphatic hydroxyl groups excluding tert-OH is 1. The van der Waals surface area contributed by atoms with E-state index in [0.29, 0.717) is 29.6 Å². The molecule has 0 atom stereocenters. The van der Waals surface area contributed by atoms with Crippen LogP contribution in [-0.4, -0.2) is 35.0 Å². The Bertz CT molecular complexity index is 946. The number of carbonyl (C=O) groups is 1. The lowest BCUT2D eigenvalue weighted by atomic mass is 9.87. The predicted molar refractivity (Wildman–Crippen MR) is 113 cm³/mol. The fourth-order valence-corrected chi connectivity index (χ4v) is 4.41. The summed E-state index contributed by atoms with van der Waals surface area (Å²) in [6.07, 6.45) is 4.59. The SMILES string of the molecule is NC(=O)C(c1ccco1)(c1ccco1)N1CCC(Nc2ccc(Cl)cc2CO)CC1. The van der Waals surface area contributed by atoms with E-state index in [-0.39, 0.29) is 12.6 Å². The molecule has 1 saturated heterocycles. The number of furan rings is 2. The van der Waals surface area contributed by atoms with Crippen LogP contribution in [0.3, 0.4) is 0 Å². The minimum Gasteiger partial charge on any atom is -0.466 e. The van der Waals surface area contributed by atoms with E-state index in [1.54, 1.807) is 36.4 Å². The average molecular weight is 430 g/mol. The van der Waals surface area contributed by atoms with Gasteiger partial charge in [0.2, 0.25) is 5.54 Å². The third-order valence-electron chi connectivity index (χ3n) is 5.68. The molecule has 4 N–H and O–H groups in total. The van der Waals surface area contributed by atoms with Gasteiger partial charge in [0.05, 0.1) is 19.1 Å². The third kappa shape index (κ3) is 3.60. The molecule has 0 unspecified atom stereocenters. The van der Waals surface area contributed by atoms with E-state index in [4.69, 9.17) is 26.2 Å². The van der Waals surface area contributed by atoms with Gasteiger partial charge in [0.15, 0.2) is 0 Å². The standard InChI is InChI=1S/C22H24ClN3O4/c23-16-5-6-18(15(13-16)14-27)25-17-7-9-26(10-8-17)22(21(24)28,19-3-1-11-29-19)20-4-2-12-30-20/h1-6,11-13,17,25,27H,7-10,14H2,(H2,24,28). The summed E-state index contributed by atoms with van der Waals surface area (Å²) >= 11 is 6.03. The molecule has 2 aromatic heterocycles. The van der Waals surface area contributed by atoms with Crippen molar-refractivity contribution in [1.82, 2.24) is 4.90 Å². The van der Waals surface area contributed by atoms with Crippen molar-refractivity contribution in [2.24, 2.45) is 5.73 Å².